The zero-order valence-corrected chi connectivity index (χ0v) is 15.1. The van der Waals surface area contributed by atoms with Gasteiger partial charge in [0.25, 0.3) is 0 Å². The van der Waals surface area contributed by atoms with Gasteiger partial charge in [-0.05, 0) is 37.0 Å². The molecule has 0 amide bonds. The highest BCUT2D eigenvalue weighted by atomic mass is 35.5. The summed E-state index contributed by atoms with van der Waals surface area (Å²) >= 11 is 5.56. The monoisotopic (exact) mass is 397 g/mol. The van der Waals surface area contributed by atoms with Crippen molar-refractivity contribution in [3.05, 3.63) is 28.8 Å². The van der Waals surface area contributed by atoms with Crippen LogP contribution in [0.3, 0.4) is 0 Å². The van der Waals surface area contributed by atoms with Crippen LogP contribution in [-0.2, 0) is 6.18 Å². The fourth-order valence-electron chi connectivity index (χ4n) is 2.38. The normalized spacial score (nSPS) is 17.4. The largest absolute Gasteiger partial charge is 0.417 e. The first-order valence-electron chi connectivity index (χ1n) is 7.47. The van der Waals surface area contributed by atoms with Gasteiger partial charge in [-0.3, -0.25) is 0 Å². The molecule has 2 rings (SSSR count). The van der Waals surface area contributed by atoms with Crippen molar-refractivity contribution in [1.29, 1.82) is 0 Å². The Kier molecular flexibility index (Phi) is 7.37. The van der Waals surface area contributed by atoms with Gasteiger partial charge in [0.05, 0.1) is 16.3 Å². The zero-order valence-electron chi connectivity index (χ0n) is 13.6. The van der Waals surface area contributed by atoms with E-state index < -0.39 is 16.8 Å². The summed E-state index contributed by atoms with van der Waals surface area (Å²) in [5.74, 6) is 0.643. The van der Waals surface area contributed by atoms with E-state index in [1.54, 1.807) is 0 Å². The Hall–Kier alpha value is -1.67. The summed E-state index contributed by atoms with van der Waals surface area (Å²) in [6, 6.07) is 3.28. The number of hydrogen-bond donors (Lipinski definition) is 2. The van der Waals surface area contributed by atoms with E-state index in [4.69, 9.17) is 23.1 Å². The number of hydrogen-bond acceptors (Lipinski definition) is 1. The third kappa shape index (κ3) is 5.97. The summed E-state index contributed by atoms with van der Waals surface area (Å²) in [7, 11) is 0. The van der Waals surface area contributed by atoms with Crippen molar-refractivity contribution in [3.8, 4) is 0 Å². The van der Waals surface area contributed by atoms with E-state index in [9.17, 15) is 13.2 Å². The van der Waals surface area contributed by atoms with Gasteiger partial charge in [0, 0.05) is 13.1 Å². The second kappa shape index (κ2) is 8.62. The summed E-state index contributed by atoms with van der Waals surface area (Å²) in [4.78, 5) is 9.72. The standard InChI is InChI=1S/C15H19ClF3N5.ClH/c1-9-4-6-24(7-5-9)14(21)23-13(20)22-10-2-3-12(16)11(8-10)15(17,18)19;/h2-3,8-9H,4-7H2,1H3,(H4,20,21,22,23);1H. The van der Waals surface area contributed by atoms with Crippen molar-refractivity contribution in [2.75, 3.05) is 13.1 Å². The second-order valence-corrected chi connectivity index (χ2v) is 6.18. The Bertz CT molecular complexity index is 653. The van der Waals surface area contributed by atoms with Crippen LogP contribution in [0.15, 0.2) is 28.2 Å². The topological polar surface area (TPSA) is 80.0 Å². The summed E-state index contributed by atoms with van der Waals surface area (Å²) in [6.07, 6.45) is -2.57. The Morgan fingerprint density at radius 1 is 1.24 bits per heavy atom. The molecule has 0 atom stereocenters. The molecule has 1 aliphatic heterocycles. The molecule has 5 nitrogen and oxygen atoms in total. The lowest BCUT2D eigenvalue weighted by atomic mass is 10.00. The number of nitrogens with two attached hydrogens (primary N) is 2. The number of halogens is 5. The Balaban J connectivity index is 0.00000312. The number of benzene rings is 1. The van der Waals surface area contributed by atoms with Gasteiger partial charge >= 0.3 is 6.18 Å². The molecule has 0 unspecified atom stereocenters. The molecule has 0 aromatic heterocycles. The van der Waals surface area contributed by atoms with Crippen LogP contribution >= 0.6 is 24.0 Å². The van der Waals surface area contributed by atoms with E-state index in [1.165, 1.54) is 6.07 Å². The first kappa shape index (κ1) is 21.4. The number of likely N-dealkylation sites (tertiary alicyclic amines) is 1. The molecule has 4 N–H and O–H groups in total. The van der Waals surface area contributed by atoms with Gasteiger partial charge in [0.1, 0.15) is 0 Å². The third-order valence-electron chi connectivity index (χ3n) is 3.84. The summed E-state index contributed by atoms with van der Waals surface area (Å²) in [6.45, 7) is 3.70. The van der Waals surface area contributed by atoms with Gasteiger partial charge in [-0.25, -0.2) is 4.99 Å². The smallest absolute Gasteiger partial charge is 0.369 e. The van der Waals surface area contributed by atoms with Crippen molar-refractivity contribution < 1.29 is 13.2 Å². The summed E-state index contributed by atoms with van der Waals surface area (Å²) in [5, 5.41) is -0.398. The lowest BCUT2D eigenvalue weighted by Crippen LogP contribution is -2.43. The summed E-state index contributed by atoms with van der Waals surface area (Å²) in [5.41, 5.74) is 10.6. The molecule has 1 fully saturated rings. The minimum absolute atomic E-state index is 0. The van der Waals surface area contributed by atoms with Crippen molar-refractivity contribution in [2.45, 2.75) is 25.9 Å². The number of guanidine groups is 2. The molecule has 1 aromatic rings. The SMILES string of the molecule is CC1CCN(C(N)=NC(N)=Nc2ccc(Cl)c(C(F)(F)F)c2)CC1.Cl. The lowest BCUT2D eigenvalue weighted by molar-refractivity contribution is -0.137. The van der Waals surface area contributed by atoms with Gasteiger partial charge in [0.2, 0.25) is 5.96 Å². The van der Waals surface area contributed by atoms with Crippen molar-refractivity contribution >= 4 is 41.6 Å². The average Bonchev–Trinajstić information content (AvgIpc) is 2.48. The van der Waals surface area contributed by atoms with Crippen LogP contribution in [0, 0.1) is 5.92 Å². The van der Waals surface area contributed by atoms with Crippen molar-refractivity contribution in [1.82, 2.24) is 4.90 Å². The minimum Gasteiger partial charge on any atom is -0.369 e. The maximum atomic E-state index is 12.8. The predicted octanol–water partition coefficient (Wildman–Crippen LogP) is 3.77. The van der Waals surface area contributed by atoms with Crippen LogP contribution < -0.4 is 11.5 Å². The molecule has 1 heterocycles. The molecule has 25 heavy (non-hydrogen) atoms. The van der Waals surface area contributed by atoms with E-state index in [-0.39, 0.29) is 30.0 Å². The van der Waals surface area contributed by atoms with Crippen LogP contribution in [0.2, 0.25) is 5.02 Å². The second-order valence-electron chi connectivity index (χ2n) is 5.77. The first-order valence-corrected chi connectivity index (χ1v) is 7.84. The molecule has 10 heteroatoms. The van der Waals surface area contributed by atoms with E-state index in [0.29, 0.717) is 5.92 Å². The van der Waals surface area contributed by atoms with Gasteiger partial charge in [-0.2, -0.15) is 18.2 Å². The first-order chi connectivity index (χ1) is 11.2. The maximum absolute atomic E-state index is 12.8. The molecule has 0 spiro atoms. The fourth-order valence-corrected chi connectivity index (χ4v) is 2.61. The quantitative estimate of drug-likeness (QED) is 0.558. The number of nitrogens with zero attached hydrogens (tertiary/aromatic N) is 3. The highest BCUT2D eigenvalue weighted by Gasteiger charge is 2.33. The third-order valence-corrected chi connectivity index (χ3v) is 4.17. The van der Waals surface area contributed by atoms with E-state index in [0.717, 1.165) is 38.1 Å². The Morgan fingerprint density at radius 2 is 1.84 bits per heavy atom. The number of rotatable bonds is 1. The van der Waals surface area contributed by atoms with Gasteiger partial charge in [-0.15, -0.1) is 12.4 Å². The number of piperidine rings is 1. The van der Waals surface area contributed by atoms with Crippen molar-refractivity contribution in [3.63, 3.8) is 0 Å². The molecule has 1 saturated heterocycles. The lowest BCUT2D eigenvalue weighted by Gasteiger charge is -2.30. The zero-order chi connectivity index (χ0) is 17.9. The Morgan fingerprint density at radius 3 is 2.40 bits per heavy atom. The van der Waals surface area contributed by atoms with Crippen LogP contribution in [0.1, 0.15) is 25.3 Å². The predicted molar refractivity (Wildman–Crippen MR) is 96.6 cm³/mol. The highest BCUT2D eigenvalue weighted by molar-refractivity contribution is 6.31. The fraction of sp³-hybridized carbons (Fsp3) is 0.467. The van der Waals surface area contributed by atoms with Crippen LogP contribution in [0.5, 0.6) is 0 Å². The van der Waals surface area contributed by atoms with Gasteiger partial charge < -0.3 is 16.4 Å². The van der Waals surface area contributed by atoms with Gasteiger partial charge in [-0.1, -0.05) is 18.5 Å². The number of aliphatic imine (C=N–C) groups is 2. The van der Waals surface area contributed by atoms with Crippen LogP contribution in [-0.4, -0.2) is 29.9 Å². The minimum atomic E-state index is -4.57. The molecular weight excluding hydrogens is 378 g/mol. The van der Waals surface area contributed by atoms with Crippen LogP contribution in [0.25, 0.3) is 0 Å². The van der Waals surface area contributed by atoms with E-state index in [1.807, 2.05) is 4.90 Å². The molecule has 0 bridgehead atoms. The Labute approximate surface area is 155 Å². The molecular formula is C15H20Cl2F3N5. The molecule has 1 aromatic carbocycles. The highest BCUT2D eigenvalue weighted by Crippen LogP contribution is 2.36. The van der Waals surface area contributed by atoms with E-state index in [2.05, 4.69) is 16.9 Å². The number of alkyl halides is 3. The van der Waals surface area contributed by atoms with Crippen molar-refractivity contribution in [2.24, 2.45) is 27.4 Å². The molecule has 0 aliphatic carbocycles. The molecule has 140 valence electrons. The maximum Gasteiger partial charge on any atom is 0.417 e. The van der Waals surface area contributed by atoms with Gasteiger partial charge in [0.15, 0.2) is 5.96 Å². The molecule has 1 aliphatic rings. The van der Waals surface area contributed by atoms with Crippen LogP contribution in [0.4, 0.5) is 18.9 Å². The average molecular weight is 398 g/mol. The molecule has 0 radical (unpaired) electrons. The van der Waals surface area contributed by atoms with E-state index >= 15 is 0 Å². The summed E-state index contributed by atoms with van der Waals surface area (Å²) < 4.78 is 38.5. The molecule has 0 saturated carbocycles.